The first-order valence-corrected chi connectivity index (χ1v) is 27.3. The molecule has 0 radical (unpaired) electrons. The SMILES string of the molecule is CC(C)(C)c1ccc(N2c3cc(N(c4ccccc4)c4ccccc4)ccc3B3c4cc5c(cc4N(c4ccc6c(c4)C(C)(C)CC6(C)C)c4cc(C(C)(C)C)cc2c43)C(C)(C)CC5(C)C)c(-c2ccccc2)c1. The second-order valence-corrected chi connectivity index (χ2v) is 27.0. The number of hydrogen-bond acceptors (Lipinski definition) is 3. The summed E-state index contributed by atoms with van der Waals surface area (Å²) in [5.41, 5.74) is 25.8. The van der Waals surface area contributed by atoms with E-state index in [1.807, 2.05) is 0 Å². The zero-order chi connectivity index (χ0) is 52.1. The number of benzene rings is 8. The van der Waals surface area contributed by atoms with E-state index in [-0.39, 0.29) is 39.2 Å². The number of anilines is 9. The van der Waals surface area contributed by atoms with Gasteiger partial charge in [-0.15, -0.1) is 0 Å². The van der Waals surface area contributed by atoms with Crippen molar-refractivity contribution in [3.8, 4) is 11.1 Å². The highest BCUT2D eigenvalue weighted by atomic mass is 15.2. The summed E-state index contributed by atoms with van der Waals surface area (Å²) in [6.45, 7) is 33.8. The van der Waals surface area contributed by atoms with E-state index in [4.69, 9.17) is 0 Å². The highest BCUT2D eigenvalue weighted by Crippen LogP contribution is 2.56. The van der Waals surface area contributed by atoms with Crippen LogP contribution in [0.3, 0.4) is 0 Å². The average molecular weight is 968 g/mol. The molecule has 8 aromatic carbocycles. The molecule has 372 valence electrons. The number of para-hydroxylation sites is 2. The normalized spacial score (nSPS) is 17.3. The van der Waals surface area contributed by atoms with Crippen LogP contribution in [0.4, 0.5) is 51.2 Å². The van der Waals surface area contributed by atoms with Crippen molar-refractivity contribution < 1.29 is 0 Å². The van der Waals surface area contributed by atoms with Crippen LogP contribution in [0, 0.1) is 0 Å². The molecule has 0 unspecified atom stereocenters. The van der Waals surface area contributed by atoms with Crippen molar-refractivity contribution in [3.63, 3.8) is 0 Å². The molecule has 2 heterocycles. The molecule has 0 saturated heterocycles. The molecule has 2 aliphatic carbocycles. The summed E-state index contributed by atoms with van der Waals surface area (Å²) < 4.78 is 0. The Bertz CT molecular complexity index is 3490. The van der Waals surface area contributed by atoms with E-state index in [2.05, 4.69) is 281 Å². The van der Waals surface area contributed by atoms with E-state index in [9.17, 15) is 0 Å². The Morgan fingerprint density at radius 3 is 1.49 bits per heavy atom. The van der Waals surface area contributed by atoms with Crippen LogP contribution < -0.4 is 31.1 Å². The average Bonchev–Trinajstić information content (AvgIpc) is 3.66. The summed E-state index contributed by atoms with van der Waals surface area (Å²) in [6, 6.07) is 65.5. The second kappa shape index (κ2) is 16.4. The molecule has 0 N–H and O–H groups in total. The van der Waals surface area contributed by atoms with Crippen molar-refractivity contribution in [3.05, 3.63) is 203 Å². The van der Waals surface area contributed by atoms with Gasteiger partial charge in [-0.3, -0.25) is 0 Å². The molecule has 4 aliphatic rings. The zero-order valence-corrected chi connectivity index (χ0v) is 46.5. The predicted octanol–water partition coefficient (Wildman–Crippen LogP) is 17.4. The van der Waals surface area contributed by atoms with Crippen molar-refractivity contribution >= 4 is 74.3 Å². The van der Waals surface area contributed by atoms with Crippen LogP contribution in [0.1, 0.15) is 143 Å². The summed E-state index contributed by atoms with van der Waals surface area (Å²) in [5.74, 6) is 0. The Hall–Kier alpha value is -6.78. The van der Waals surface area contributed by atoms with Crippen LogP contribution >= 0.6 is 0 Å². The highest BCUT2D eigenvalue weighted by molar-refractivity contribution is 7.00. The van der Waals surface area contributed by atoms with Gasteiger partial charge >= 0.3 is 0 Å². The van der Waals surface area contributed by atoms with E-state index in [0.29, 0.717) is 0 Å². The van der Waals surface area contributed by atoms with Gasteiger partial charge < -0.3 is 14.7 Å². The second-order valence-electron chi connectivity index (χ2n) is 27.0. The monoisotopic (exact) mass is 968 g/mol. The molecule has 0 bridgehead atoms. The van der Waals surface area contributed by atoms with Gasteiger partial charge in [-0.05, 0) is 180 Å². The van der Waals surface area contributed by atoms with Gasteiger partial charge in [0.1, 0.15) is 0 Å². The maximum absolute atomic E-state index is 2.70. The Morgan fingerprint density at radius 2 is 0.905 bits per heavy atom. The van der Waals surface area contributed by atoms with Crippen molar-refractivity contribution in [1.29, 1.82) is 0 Å². The Morgan fingerprint density at radius 1 is 0.392 bits per heavy atom. The van der Waals surface area contributed by atoms with E-state index in [0.717, 1.165) is 29.9 Å². The standard InChI is InChI=1S/C70H74BN3/c1-65(2,3)46-30-35-59(52(36-46)45-24-18-15-19-25-45)74-60-40-51(72(48-26-20-16-21-27-48)49-28-22-17-23-29-49)32-34-57(60)71-58-41-55-56(70(13,14)44-69(55,11)12)42-61(58)73(62-37-47(66(4,5)6)38-63(74)64(62)71)50-31-33-53-54(39-50)68(9,10)43-67(53,7)8/h15-42H,43-44H2,1-14H3. The Kier molecular flexibility index (Phi) is 10.7. The zero-order valence-electron chi connectivity index (χ0n) is 46.5. The molecule has 12 rings (SSSR count). The van der Waals surface area contributed by atoms with Gasteiger partial charge in [0.2, 0.25) is 0 Å². The molecule has 0 fully saturated rings. The number of rotatable bonds is 6. The molecule has 0 atom stereocenters. The van der Waals surface area contributed by atoms with Crippen LogP contribution in [0.15, 0.2) is 170 Å². The molecule has 0 aromatic heterocycles. The third-order valence-corrected chi connectivity index (χ3v) is 17.5. The van der Waals surface area contributed by atoms with Crippen LogP contribution in [-0.4, -0.2) is 6.71 Å². The molecule has 0 spiro atoms. The van der Waals surface area contributed by atoms with Crippen molar-refractivity contribution in [2.75, 3.05) is 14.7 Å². The van der Waals surface area contributed by atoms with Crippen LogP contribution in [0.5, 0.6) is 0 Å². The summed E-state index contributed by atoms with van der Waals surface area (Å²) >= 11 is 0. The van der Waals surface area contributed by atoms with Crippen molar-refractivity contribution in [2.45, 2.75) is 142 Å². The summed E-state index contributed by atoms with van der Waals surface area (Å²) in [4.78, 5) is 7.80. The van der Waals surface area contributed by atoms with Crippen LogP contribution in [-0.2, 0) is 32.5 Å². The number of hydrogen-bond donors (Lipinski definition) is 0. The molecule has 0 amide bonds. The predicted molar refractivity (Wildman–Crippen MR) is 319 cm³/mol. The van der Waals surface area contributed by atoms with Gasteiger partial charge in [-0.25, -0.2) is 0 Å². The third-order valence-electron chi connectivity index (χ3n) is 17.5. The maximum atomic E-state index is 2.70. The number of nitrogens with zero attached hydrogens (tertiary/aromatic N) is 3. The maximum Gasteiger partial charge on any atom is 0.252 e. The molecule has 0 saturated carbocycles. The topological polar surface area (TPSA) is 9.72 Å². The minimum atomic E-state index is -0.162. The first kappa shape index (κ1) is 48.2. The molecule has 8 aromatic rings. The Labute approximate surface area is 443 Å². The fraction of sp³-hybridized carbons (Fsp3) is 0.314. The van der Waals surface area contributed by atoms with E-state index < -0.39 is 0 Å². The Balaban J connectivity index is 1.23. The smallest absolute Gasteiger partial charge is 0.252 e. The molecule has 4 heteroatoms. The van der Waals surface area contributed by atoms with Gasteiger partial charge in [-0.1, -0.05) is 188 Å². The summed E-state index contributed by atoms with van der Waals surface area (Å²) in [7, 11) is 0. The molecular formula is C70H74BN3. The van der Waals surface area contributed by atoms with Gasteiger partial charge in [0.05, 0.1) is 5.69 Å². The summed E-state index contributed by atoms with van der Waals surface area (Å²) in [5, 5.41) is 0. The first-order chi connectivity index (χ1) is 34.9. The fourth-order valence-electron chi connectivity index (χ4n) is 14.3. The number of fused-ring (bicyclic) bond motifs is 6. The fourth-order valence-corrected chi connectivity index (χ4v) is 14.3. The lowest BCUT2D eigenvalue weighted by Gasteiger charge is -2.46. The lowest BCUT2D eigenvalue weighted by molar-refractivity contribution is 0.403. The molecule has 74 heavy (non-hydrogen) atoms. The summed E-state index contributed by atoms with van der Waals surface area (Å²) in [6.07, 6.45) is 2.23. The van der Waals surface area contributed by atoms with Gasteiger partial charge in [0.15, 0.2) is 0 Å². The highest BCUT2D eigenvalue weighted by Gasteiger charge is 2.50. The molecule has 2 aliphatic heterocycles. The minimum absolute atomic E-state index is 0.0136. The van der Waals surface area contributed by atoms with Gasteiger partial charge in [-0.2, -0.15) is 0 Å². The van der Waals surface area contributed by atoms with E-state index in [1.54, 1.807) is 0 Å². The molecule has 3 nitrogen and oxygen atoms in total. The van der Waals surface area contributed by atoms with E-state index >= 15 is 0 Å². The van der Waals surface area contributed by atoms with E-state index in [1.165, 1.54) is 95.0 Å². The van der Waals surface area contributed by atoms with Gasteiger partial charge in [0, 0.05) is 51.1 Å². The van der Waals surface area contributed by atoms with Crippen molar-refractivity contribution in [1.82, 2.24) is 0 Å². The quantitative estimate of drug-likeness (QED) is 0.154. The van der Waals surface area contributed by atoms with Crippen LogP contribution in [0.25, 0.3) is 11.1 Å². The minimum Gasteiger partial charge on any atom is -0.311 e. The van der Waals surface area contributed by atoms with Gasteiger partial charge in [0.25, 0.3) is 6.71 Å². The van der Waals surface area contributed by atoms with Crippen molar-refractivity contribution in [2.24, 2.45) is 0 Å². The third kappa shape index (κ3) is 7.59. The largest absolute Gasteiger partial charge is 0.311 e. The lowest BCUT2D eigenvalue weighted by atomic mass is 9.33. The lowest BCUT2D eigenvalue weighted by Crippen LogP contribution is -2.61. The first-order valence-electron chi connectivity index (χ1n) is 27.3. The molecular weight excluding hydrogens is 894 g/mol. The van der Waals surface area contributed by atoms with Crippen LogP contribution in [0.2, 0.25) is 0 Å².